The van der Waals surface area contributed by atoms with E-state index in [1.54, 1.807) is 23.2 Å². The van der Waals surface area contributed by atoms with Crippen molar-refractivity contribution in [2.75, 3.05) is 32.7 Å². The fraction of sp³-hybridized carbons (Fsp3) is 0.462. The number of aliphatic carboxylic acids is 1. The highest BCUT2D eigenvalue weighted by Crippen LogP contribution is 2.11. The first-order valence-corrected chi connectivity index (χ1v) is 7.20. The summed E-state index contributed by atoms with van der Waals surface area (Å²) in [5.41, 5.74) is 0.555. The van der Waals surface area contributed by atoms with Crippen molar-refractivity contribution >= 4 is 27.8 Å². The van der Waals surface area contributed by atoms with Gasteiger partial charge in [-0.2, -0.15) is 0 Å². The van der Waals surface area contributed by atoms with Crippen molar-refractivity contribution in [1.29, 1.82) is 0 Å². The zero-order valence-electron chi connectivity index (χ0n) is 11.0. The SMILES string of the molecule is O=C(O)CN1CCCN(C(=O)c2ccc(Br)nc2)CC1. The number of amides is 1. The maximum atomic E-state index is 12.3. The molecule has 1 N–H and O–H groups in total. The number of pyridine rings is 1. The Hall–Kier alpha value is -1.47. The number of carboxylic acid groups (broad SMARTS) is 1. The molecule has 0 bridgehead atoms. The lowest BCUT2D eigenvalue weighted by Gasteiger charge is -2.21. The third-order valence-corrected chi connectivity index (χ3v) is 3.68. The largest absolute Gasteiger partial charge is 0.480 e. The van der Waals surface area contributed by atoms with Gasteiger partial charge >= 0.3 is 5.97 Å². The summed E-state index contributed by atoms with van der Waals surface area (Å²) in [6.07, 6.45) is 2.33. The molecule has 0 unspecified atom stereocenters. The number of nitrogens with zero attached hydrogens (tertiary/aromatic N) is 3. The van der Waals surface area contributed by atoms with Gasteiger partial charge in [0.15, 0.2) is 0 Å². The van der Waals surface area contributed by atoms with E-state index in [1.807, 2.05) is 4.90 Å². The van der Waals surface area contributed by atoms with Crippen molar-refractivity contribution in [3.8, 4) is 0 Å². The van der Waals surface area contributed by atoms with Crippen LogP contribution in [-0.4, -0.2) is 64.5 Å². The molecule has 0 atom stereocenters. The van der Waals surface area contributed by atoms with E-state index in [0.29, 0.717) is 36.3 Å². The third-order valence-electron chi connectivity index (χ3n) is 3.21. The first-order chi connectivity index (χ1) is 9.56. The Kier molecular flexibility index (Phi) is 5.08. The molecular weight excluding hydrogens is 326 g/mol. The molecule has 7 heteroatoms. The second-order valence-electron chi connectivity index (χ2n) is 4.69. The molecule has 108 valence electrons. The predicted molar refractivity (Wildman–Crippen MR) is 76.5 cm³/mol. The van der Waals surface area contributed by atoms with Crippen molar-refractivity contribution in [3.05, 3.63) is 28.5 Å². The van der Waals surface area contributed by atoms with Gasteiger partial charge in [-0.15, -0.1) is 0 Å². The van der Waals surface area contributed by atoms with Crippen molar-refractivity contribution in [2.24, 2.45) is 0 Å². The lowest BCUT2D eigenvalue weighted by Crippen LogP contribution is -2.36. The molecule has 1 saturated heterocycles. The van der Waals surface area contributed by atoms with Crippen LogP contribution >= 0.6 is 15.9 Å². The second kappa shape index (κ2) is 6.81. The van der Waals surface area contributed by atoms with Gasteiger partial charge in [0.25, 0.3) is 5.91 Å². The highest BCUT2D eigenvalue weighted by Gasteiger charge is 2.21. The van der Waals surface area contributed by atoms with Crippen LogP contribution in [0.4, 0.5) is 0 Å². The molecule has 0 spiro atoms. The molecule has 1 aromatic rings. The van der Waals surface area contributed by atoms with Gasteiger partial charge in [-0.3, -0.25) is 14.5 Å². The van der Waals surface area contributed by atoms with Crippen LogP contribution in [0.3, 0.4) is 0 Å². The van der Waals surface area contributed by atoms with Gasteiger partial charge in [0.05, 0.1) is 12.1 Å². The monoisotopic (exact) mass is 341 g/mol. The van der Waals surface area contributed by atoms with E-state index in [9.17, 15) is 9.59 Å². The number of aromatic nitrogens is 1. The standard InChI is InChI=1S/C13H16BrN3O3/c14-11-3-2-10(8-15-11)13(20)17-5-1-4-16(6-7-17)9-12(18)19/h2-3,8H,1,4-7,9H2,(H,18,19). The molecular formula is C13H16BrN3O3. The van der Waals surface area contributed by atoms with Crippen molar-refractivity contribution in [2.45, 2.75) is 6.42 Å². The van der Waals surface area contributed by atoms with Crippen LogP contribution in [0.1, 0.15) is 16.8 Å². The topological polar surface area (TPSA) is 73.7 Å². The molecule has 1 aromatic heterocycles. The smallest absolute Gasteiger partial charge is 0.317 e. The van der Waals surface area contributed by atoms with Gasteiger partial charge in [-0.25, -0.2) is 4.98 Å². The molecule has 6 nitrogen and oxygen atoms in total. The lowest BCUT2D eigenvalue weighted by molar-refractivity contribution is -0.138. The lowest BCUT2D eigenvalue weighted by atomic mass is 10.2. The average molecular weight is 342 g/mol. The number of rotatable bonds is 3. The van der Waals surface area contributed by atoms with Crippen molar-refractivity contribution in [1.82, 2.24) is 14.8 Å². The second-order valence-corrected chi connectivity index (χ2v) is 5.50. The summed E-state index contributed by atoms with van der Waals surface area (Å²) in [5.74, 6) is -0.885. The van der Waals surface area contributed by atoms with Crippen LogP contribution in [0.5, 0.6) is 0 Å². The molecule has 20 heavy (non-hydrogen) atoms. The Balaban J connectivity index is 1.97. The average Bonchev–Trinajstić information content (AvgIpc) is 2.64. The van der Waals surface area contributed by atoms with Crippen molar-refractivity contribution < 1.29 is 14.7 Å². The minimum atomic E-state index is -0.832. The van der Waals surface area contributed by atoms with Gasteiger partial charge in [0.1, 0.15) is 4.60 Å². The zero-order chi connectivity index (χ0) is 14.5. The quantitative estimate of drug-likeness (QED) is 0.832. The number of carbonyl (C=O) groups is 2. The molecule has 0 aliphatic carbocycles. The van der Waals surface area contributed by atoms with Gasteiger partial charge in [-0.1, -0.05) is 0 Å². The van der Waals surface area contributed by atoms with Gasteiger partial charge < -0.3 is 10.0 Å². The Morgan fingerprint density at radius 3 is 2.70 bits per heavy atom. The van der Waals surface area contributed by atoms with E-state index >= 15 is 0 Å². The van der Waals surface area contributed by atoms with Gasteiger partial charge in [0, 0.05) is 32.4 Å². The van der Waals surface area contributed by atoms with Crippen molar-refractivity contribution in [3.63, 3.8) is 0 Å². The fourth-order valence-electron chi connectivity index (χ4n) is 2.21. The maximum absolute atomic E-state index is 12.3. The number of hydrogen-bond acceptors (Lipinski definition) is 4. The summed E-state index contributed by atoms with van der Waals surface area (Å²) in [5, 5.41) is 8.80. The number of carboxylic acids is 1. The number of hydrogen-bond donors (Lipinski definition) is 1. The molecule has 1 fully saturated rings. The third kappa shape index (κ3) is 4.01. The predicted octanol–water partition coefficient (Wildman–Crippen LogP) is 1.08. The van der Waals surface area contributed by atoms with Gasteiger partial charge in [-0.05, 0) is 34.5 Å². The molecule has 1 amide bonds. The van der Waals surface area contributed by atoms with E-state index in [1.165, 1.54) is 0 Å². The minimum absolute atomic E-state index is 0.0296. The summed E-state index contributed by atoms with van der Waals surface area (Å²) in [7, 11) is 0. The van der Waals surface area contributed by atoms with Gasteiger partial charge in [0.2, 0.25) is 0 Å². The van der Waals surface area contributed by atoms with Crippen LogP contribution < -0.4 is 0 Å². The van der Waals surface area contributed by atoms with E-state index in [4.69, 9.17) is 5.11 Å². The fourth-order valence-corrected chi connectivity index (χ4v) is 2.44. The molecule has 2 rings (SSSR count). The first kappa shape index (κ1) is 14.9. The Bertz CT molecular complexity index is 492. The van der Waals surface area contributed by atoms with E-state index in [-0.39, 0.29) is 12.5 Å². The van der Waals surface area contributed by atoms with Crippen LogP contribution in [0, 0.1) is 0 Å². The normalized spacial score (nSPS) is 16.8. The molecule has 1 aliphatic heterocycles. The molecule has 0 saturated carbocycles. The summed E-state index contributed by atoms with van der Waals surface area (Å²) in [6, 6.07) is 3.47. The number of halogens is 1. The molecule has 1 aliphatic rings. The highest BCUT2D eigenvalue weighted by molar-refractivity contribution is 9.10. The molecule has 0 aromatic carbocycles. The van der Waals surface area contributed by atoms with Crippen LogP contribution in [0.25, 0.3) is 0 Å². The summed E-state index contributed by atoms with van der Waals surface area (Å²) in [6.45, 7) is 2.51. The minimum Gasteiger partial charge on any atom is -0.480 e. The maximum Gasteiger partial charge on any atom is 0.317 e. The van der Waals surface area contributed by atoms with Crippen LogP contribution in [-0.2, 0) is 4.79 Å². The Morgan fingerprint density at radius 2 is 2.05 bits per heavy atom. The van der Waals surface area contributed by atoms with Crippen LogP contribution in [0.2, 0.25) is 0 Å². The number of carbonyl (C=O) groups excluding carboxylic acids is 1. The highest BCUT2D eigenvalue weighted by atomic mass is 79.9. The zero-order valence-corrected chi connectivity index (χ0v) is 12.5. The first-order valence-electron chi connectivity index (χ1n) is 6.41. The molecule has 2 heterocycles. The van der Waals surface area contributed by atoms with E-state index in [2.05, 4.69) is 20.9 Å². The van der Waals surface area contributed by atoms with E-state index in [0.717, 1.165) is 6.42 Å². The summed E-state index contributed by atoms with van der Waals surface area (Å²) < 4.78 is 0.692. The Labute approximate surface area is 125 Å². The summed E-state index contributed by atoms with van der Waals surface area (Å²) >= 11 is 3.24. The Morgan fingerprint density at radius 1 is 1.25 bits per heavy atom. The molecule has 0 radical (unpaired) electrons. The van der Waals surface area contributed by atoms with E-state index < -0.39 is 5.97 Å². The summed E-state index contributed by atoms with van der Waals surface area (Å²) in [4.78, 5) is 30.7. The van der Waals surface area contributed by atoms with Crippen LogP contribution in [0.15, 0.2) is 22.9 Å².